The smallest absolute Gasteiger partial charge is 0.337 e. The summed E-state index contributed by atoms with van der Waals surface area (Å²) in [6.45, 7) is 2.43. The Hall–Kier alpha value is -1.55. The molecule has 1 N–H and O–H groups in total. The number of hydrogen-bond acceptors (Lipinski definition) is 4. The number of rotatable bonds is 3. The third kappa shape index (κ3) is 2.66. The van der Waals surface area contributed by atoms with Crippen LogP contribution in [0.5, 0.6) is 0 Å². The molecule has 2 aliphatic rings. The molecular formula is C16H22N2O2. The Bertz CT molecular complexity index is 489. The molecule has 1 aromatic carbocycles. The molecule has 4 nitrogen and oxygen atoms in total. The number of piperidine rings is 1. The second-order valence-corrected chi connectivity index (χ2v) is 5.71. The fourth-order valence-corrected chi connectivity index (χ4v) is 3.48. The molecule has 0 aromatic heterocycles. The standard InChI is InChI=1S/C16H22N2O2/c1-20-16(19)12-5-4-6-13(11-12)17-14-8-10-18-9-3-2-7-15(14)18/h4-6,11,14-15,17H,2-3,7-10H2,1H3. The molecule has 3 rings (SSSR count). The Morgan fingerprint density at radius 1 is 1.30 bits per heavy atom. The molecule has 0 saturated carbocycles. The molecule has 2 saturated heterocycles. The van der Waals surface area contributed by atoms with Crippen LogP contribution in [0.2, 0.25) is 0 Å². The predicted octanol–water partition coefficient (Wildman–Crippen LogP) is 2.51. The Morgan fingerprint density at radius 3 is 3.05 bits per heavy atom. The summed E-state index contributed by atoms with van der Waals surface area (Å²) in [5, 5.41) is 3.61. The van der Waals surface area contributed by atoms with Crippen molar-refractivity contribution in [1.29, 1.82) is 0 Å². The quantitative estimate of drug-likeness (QED) is 0.860. The van der Waals surface area contributed by atoms with E-state index < -0.39 is 0 Å². The van der Waals surface area contributed by atoms with Gasteiger partial charge in [-0.25, -0.2) is 4.79 Å². The summed E-state index contributed by atoms with van der Waals surface area (Å²) < 4.78 is 4.77. The van der Waals surface area contributed by atoms with Crippen LogP contribution in [0, 0.1) is 0 Å². The van der Waals surface area contributed by atoms with Crippen LogP contribution < -0.4 is 5.32 Å². The van der Waals surface area contributed by atoms with Crippen LogP contribution in [0.25, 0.3) is 0 Å². The van der Waals surface area contributed by atoms with Gasteiger partial charge in [0, 0.05) is 24.3 Å². The average molecular weight is 274 g/mol. The van der Waals surface area contributed by atoms with Crippen molar-refractivity contribution in [3.05, 3.63) is 29.8 Å². The summed E-state index contributed by atoms with van der Waals surface area (Å²) in [4.78, 5) is 14.2. The molecule has 2 heterocycles. The van der Waals surface area contributed by atoms with Crippen LogP contribution in [0.3, 0.4) is 0 Å². The van der Waals surface area contributed by atoms with Crippen LogP contribution in [-0.4, -0.2) is 43.2 Å². The molecule has 108 valence electrons. The second-order valence-electron chi connectivity index (χ2n) is 5.71. The summed E-state index contributed by atoms with van der Waals surface area (Å²) in [5.41, 5.74) is 1.63. The molecule has 2 fully saturated rings. The topological polar surface area (TPSA) is 41.6 Å². The lowest BCUT2D eigenvalue weighted by molar-refractivity contribution is 0.0601. The first-order chi connectivity index (χ1) is 9.78. The lowest BCUT2D eigenvalue weighted by Gasteiger charge is -2.33. The normalized spacial score (nSPS) is 26.1. The Morgan fingerprint density at radius 2 is 2.20 bits per heavy atom. The van der Waals surface area contributed by atoms with Gasteiger partial charge < -0.3 is 10.1 Å². The highest BCUT2D eigenvalue weighted by molar-refractivity contribution is 5.90. The first-order valence-corrected chi connectivity index (χ1v) is 7.47. The number of esters is 1. The van der Waals surface area contributed by atoms with E-state index in [1.165, 1.54) is 45.9 Å². The molecule has 0 spiro atoms. The molecule has 2 atom stereocenters. The number of carbonyl (C=O) groups is 1. The van der Waals surface area contributed by atoms with E-state index in [9.17, 15) is 4.79 Å². The lowest BCUT2D eigenvalue weighted by atomic mass is 9.99. The number of anilines is 1. The zero-order valence-electron chi connectivity index (χ0n) is 12.0. The zero-order valence-corrected chi connectivity index (χ0v) is 12.0. The van der Waals surface area contributed by atoms with Gasteiger partial charge in [0.2, 0.25) is 0 Å². The van der Waals surface area contributed by atoms with E-state index in [2.05, 4.69) is 10.2 Å². The number of nitrogens with one attached hydrogen (secondary N) is 1. The van der Waals surface area contributed by atoms with E-state index in [1.807, 2.05) is 18.2 Å². The van der Waals surface area contributed by atoms with Crippen molar-refractivity contribution in [2.75, 3.05) is 25.5 Å². The molecule has 0 bridgehead atoms. The van der Waals surface area contributed by atoms with Gasteiger partial charge in [-0.1, -0.05) is 12.5 Å². The van der Waals surface area contributed by atoms with Crippen LogP contribution in [-0.2, 0) is 4.74 Å². The van der Waals surface area contributed by atoms with Crippen molar-refractivity contribution in [2.24, 2.45) is 0 Å². The van der Waals surface area contributed by atoms with Gasteiger partial charge >= 0.3 is 5.97 Å². The average Bonchev–Trinajstić information content (AvgIpc) is 2.90. The van der Waals surface area contributed by atoms with Crippen LogP contribution in [0.15, 0.2) is 24.3 Å². The third-order valence-electron chi connectivity index (χ3n) is 4.49. The summed E-state index contributed by atoms with van der Waals surface area (Å²) in [6, 6.07) is 8.77. The van der Waals surface area contributed by atoms with E-state index in [0.29, 0.717) is 17.6 Å². The molecule has 0 amide bonds. The third-order valence-corrected chi connectivity index (χ3v) is 4.49. The number of benzene rings is 1. The summed E-state index contributed by atoms with van der Waals surface area (Å²) in [7, 11) is 1.42. The highest BCUT2D eigenvalue weighted by Crippen LogP contribution is 2.29. The van der Waals surface area contributed by atoms with Crippen molar-refractivity contribution >= 4 is 11.7 Å². The van der Waals surface area contributed by atoms with Crippen molar-refractivity contribution in [3.8, 4) is 0 Å². The minimum atomic E-state index is -0.278. The molecule has 20 heavy (non-hydrogen) atoms. The van der Waals surface area contributed by atoms with Crippen molar-refractivity contribution < 1.29 is 9.53 Å². The van der Waals surface area contributed by atoms with Gasteiger partial charge in [0.05, 0.1) is 12.7 Å². The van der Waals surface area contributed by atoms with Gasteiger partial charge in [-0.15, -0.1) is 0 Å². The zero-order chi connectivity index (χ0) is 13.9. The monoisotopic (exact) mass is 274 g/mol. The van der Waals surface area contributed by atoms with E-state index in [-0.39, 0.29) is 5.97 Å². The highest BCUT2D eigenvalue weighted by atomic mass is 16.5. The van der Waals surface area contributed by atoms with Gasteiger partial charge in [0.1, 0.15) is 0 Å². The van der Waals surface area contributed by atoms with Crippen molar-refractivity contribution in [3.63, 3.8) is 0 Å². The minimum Gasteiger partial charge on any atom is -0.465 e. The molecule has 2 aliphatic heterocycles. The summed E-state index contributed by atoms with van der Waals surface area (Å²) in [5.74, 6) is -0.278. The van der Waals surface area contributed by atoms with Crippen LogP contribution in [0.1, 0.15) is 36.0 Å². The molecule has 2 unspecified atom stereocenters. The Kier molecular flexibility index (Phi) is 3.92. The minimum absolute atomic E-state index is 0.278. The summed E-state index contributed by atoms with van der Waals surface area (Å²) in [6.07, 6.45) is 5.14. The molecule has 0 aliphatic carbocycles. The maximum Gasteiger partial charge on any atom is 0.337 e. The predicted molar refractivity (Wildman–Crippen MR) is 79.0 cm³/mol. The number of hydrogen-bond donors (Lipinski definition) is 1. The van der Waals surface area contributed by atoms with Gasteiger partial charge in [0.25, 0.3) is 0 Å². The van der Waals surface area contributed by atoms with Crippen molar-refractivity contribution in [1.82, 2.24) is 4.90 Å². The Labute approximate surface area is 120 Å². The van der Waals surface area contributed by atoms with Crippen LogP contribution in [0.4, 0.5) is 5.69 Å². The number of fused-ring (bicyclic) bond motifs is 1. The second kappa shape index (κ2) is 5.83. The highest BCUT2D eigenvalue weighted by Gasteiger charge is 2.35. The van der Waals surface area contributed by atoms with Gasteiger partial charge in [-0.05, 0) is 44.0 Å². The maximum absolute atomic E-state index is 11.6. The molecular weight excluding hydrogens is 252 g/mol. The number of methoxy groups -OCH3 is 1. The van der Waals surface area contributed by atoms with Crippen LogP contribution >= 0.6 is 0 Å². The maximum atomic E-state index is 11.6. The Balaban J connectivity index is 1.70. The van der Waals surface area contributed by atoms with Crippen molar-refractivity contribution in [2.45, 2.75) is 37.8 Å². The van der Waals surface area contributed by atoms with Gasteiger partial charge in [-0.3, -0.25) is 4.90 Å². The van der Waals surface area contributed by atoms with Gasteiger partial charge in [-0.2, -0.15) is 0 Å². The fraction of sp³-hybridized carbons (Fsp3) is 0.562. The number of ether oxygens (including phenoxy) is 1. The number of carbonyl (C=O) groups excluding carboxylic acids is 1. The lowest BCUT2D eigenvalue weighted by Crippen LogP contribution is -2.41. The van der Waals surface area contributed by atoms with E-state index in [4.69, 9.17) is 4.74 Å². The van der Waals surface area contributed by atoms with Gasteiger partial charge in [0.15, 0.2) is 0 Å². The van der Waals surface area contributed by atoms with E-state index >= 15 is 0 Å². The molecule has 0 radical (unpaired) electrons. The SMILES string of the molecule is COC(=O)c1cccc(NC2CCN3CCCCC23)c1. The summed E-state index contributed by atoms with van der Waals surface area (Å²) >= 11 is 0. The van der Waals surface area contributed by atoms with E-state index in [1.54, 1.807) is 6.07 Å². The largest absolute Gasteiger partial charge is 0.465 e. The molecule has 4 heteroatoms. The number of nitrogens with zero attached hydrogens (tertiary/aromatic N) is 1. The molecule has 1 aromatic rings. The first-order valence-electron chi connectivity index (χ1n) is 7.47. The van der Waals surface area contributed by atoms with E-state index in [0.717, 1.165) is 5.69 Å². The fourth-order valence-electron chi connectivity index (χ4n) is 3.48. The first kappa shape index (κ1) is 13.4.